The average Bonchev–Trinajstić information content (AvgIpc) is 3.47. The largest absolute Gasteiger partial charge is 0.465 e. The van der Waals surface area contributed by atoms with Gasteiger partial charge in [0.05, 0.1) is 6.61 Å². The number of halogens is 2. The number of carbonyl (C=O) groups excluding carboxylic acids is 2. The highest BCUT2D eigenvalue weighted by Crippen LogP contribution is 2.65. The lowest BCUT2D eigenvalue weighted by Gasteiger charge is -2.60. The smallest absolute Gasteiger partial charge is 0.460 e. The first-order valence-corrected chi connectivity index (χ1v) is 15.5. The van der Waals surface area contributed by atoms with Crippen LogP contribution in [0.1, 0.15) is 84.0 Å². The van der Waals surface area contributed by atoms with E-state index in [1.165, 1.54) is 25.7 Å². The molecule has 7 rings (SSSR count). The molecule has 7 nitrogen and oxygen atoms in total. The third-order valence-electron chi connectivity index (χ3n) is 11.2. The van der Waals surface area contributed by atoms with Crippen LogP contribution in [0, 0.1) is 52.8 Å². The van der Waals surface area contributed by atoms with E-state index in [0.29, 0.717) is 37.5 Å². The van der Waals surface area contributed by atoms with Crippen molar-refractivity contribution in [2.45, 2.75) is 94.8 Å². The molecule has 7 saturated carbocycles. The zero-order valence-corrected chi connectivity index (χ0v) is 22.2. The summed E-state index contributed by atoms with van der Waals surface area (Å²) in [5.74, 6) is 2.30. The molecule has 6 bridgehead atoms. The number of esters is 2. The molecule has 7 fully saturated rings. The van der Waals surface area contributed by atoms with Gasteiger partial charge in [0.2, 0.25) is 0 Å². The Morgan fingerprint density at radius 1 is 0.973 bits per heavy atom. The van der Waals surface area contributed by atoms with Crippen molar-refractivity contribution in [3.63, 3.8) is 0 Å². The van der Waals surface area contributed by atoms with Crippen LogP contribution in [0.25, 0.3) is 0 Å². The van der Waals surface area contributed by atoms with Crippen molar-refractivity contribution >= 4 is 22.1 Å². The molecule has 1 N–H and O–H groups in total. The summed E-state index contributed by atoms with van der Waals surface area (Å²) in [4.78, 5) is 25.1. The van der Waals surface area contributed by atoms with Gasteiger partial charge in [0.1, 0.15) is 5.60 Å². The van der Waals surface area contributed by atoms with Crippen LogP contribution in [0.2, 0.25) is 0 Å². The van der Waals surface area contributed by atoms with E-state index in [1.54, 1.807) is 0 Å². The number of rotatable bonds is 8. The summed E-state index contributed by atoms with van der Waals surface area (Å²) >= 11 is 0. The molecule has 7 aliphatic rings. The summed E-state index contributed by atoms with van der Waals surface area (Å²) in [6, 6.07) is 0. The fraction of sp³-hybridized carbons (Fsp3) is 0.926. The molecule has 0 spiro atoms. The second-order valence-electron chi connectivity index (χ2n) is 13.6. The Kier molecular flexibility index (Phi) is 6.04. The quantitative estimate of drug-likeness (QED) is 0.339. The molecule has 8 unspecified atom stereocenters. The summed E-state index contributed by atoms with van der Waals surface area (Å²) in [5.41, 5.74) is -1.28. The van der Waals surface area contributed by atoms with Crippen LogP contribution in [0.15, 0.2) is 0 Å². The first-order chi connectivity index (χ1) is 17.3. The lowest BCUT2D eigenvalue weighted by atomic mass is 9.48. The molecule has 0 saturated heterocycles. The minimum Gasteiger partial charge on any atom is -0.460 e. The zero-order chi connectivity index (χ0) is 26.4. The molecule has 7 aliphatic carbocycles. The molecule has 37 heavy (non-hydrogen) atoms. The van der Waals surface area contributed by atoms with E-state index in [9.17, 15) is 26.8 Å². The van der Waals surface area contributed by atoms with Crippen LogP contribution in [0.4, 0.5) is 8.78 Å². The van der Waals surface area contributed by atoms with Gasteiger partial charge in [0.25, 0.3) is 0 Å². The van der Waals surface area contributed by atoms with Gasteiger partial charge >= 0.3 is 27.3 Å². The first-order valence-electron chi connectivity index (χ1n) is 14.1. The van der Waals surface area contributed by atoms with Gasteiger partial charge in [-0.2, -0.15) is 17.2 Å². The fourth-order valence-corrected chi connectivity index (χ4v) is 10.7. The van der Waals surface area contributed by atoms with Gasteiger partial charge in [-0.15, -0.1) is 0 Å². The van der Waals surface area contributed by atoms with Gasteiger partial charge in [0.15, 0.2) is 0 Å². The number of alkyl halides is 2. The van der Waals surface area contributed by atoms with Gasteiger partial charge in [-0.1, -0.05) is 13.3 Å². The molecule has 0 radical (unpaired) electrons. The molecule has 0 aromatic heterocycles. The maximum atomic E-state index is 13.7. The SMILES string of the molecule is CCC1CC2C3CC(CC(=O)OC45CC6CC(CC(COC(=O)C(F)(F)S(=O)(=O)O)(C6)C4)C5)C(C3)C2C1. The Hall–Kier alpha value is -1.29. The first kappa shape index (κ1) is 26.0. The van der Waals surface area contributed by atoms with Crippen LogP contribution in [-0.2, 0) is 29.2 Å². The number of ether oxygens (including phenoxy) is 2. The standard InChI is InChI=1S/C27H38F2O7S/c1-2-15-4-20-18-6-19(21(7-18)22(20)5-15)8-23(30)36-26-11-16-3-17(12-26)10-25(9-16,13-26)14-35-24(31)27(28,29)37(32,33)34/h15-22H,2-14H2,1H3,(H,32,33,34). The van der Waals surface area contributed by atoms with Crippen molar-refractivity contribution in [3.8, 4) is 0 Å². The third-order valence-corrected chi connectivity index (χ3v) is 12.1. The van der Waals surface area contributed by atoms with Crippen LogP contribution in [-0.4, -0.2) is 42.4 Å². The van der Waals surface area contributed by atoms with Crippen molar-refractivity contribution in [2.24, 2.45) is 52.8 Å². The van der Waals surface area contributed by atoms with Crippen molar-refractivity contribution in [2.75, 3.05) is 6.61 Å². The minimum atomic E-state index is -5.91. The predicted octanol–water partition coefficient (Wildman–Crippen LogP) is 4.99. The highest BCUT2D eigenvalue weighted by Gasteiger charge is 2.62. The molecule has 0 heterocycles. The monoisotopic (exact) mass is 544 g/mol. The van der Waals surface area contributed by atoms with Gasteiger partial charge in [-0.3, -0.25) is 9.35 Å². The molecule has 10 heteroatoms. The van der Waals surface area contributed by atoms with Crippen molar-refractivity contribution in [1.82, 2.24) is 0 Å². The molecular formula is C27H38F2O7S. The fourth-order valence-electron chi connectivity index (χ4n) is 10.5. The van der Waals surface area contributed by atoms with Gasteiger partial charge in [-0.05, 0) is 112 Å². The van der Waals surface area contributed by atoms with Crippen LogP contribution in [0.5, 0.6) is 0 Å². The van der Waals surface area contributed by atoms with E-state index >= 15 is 0 Å². The lowest BCUT2D eigenvalue weighted by molar-refractivity contribution is -0.213. The Morgan fingerprint density at radius 3 is 2.30 bits per heavy atom. The highest BCUT2D eigenvalue weighted by atomic mass is 32.2. The van der Waals surface area contributed by atoms with E-state index in [0.717, 1.165) is 49.4 Å². The molecule has 0 aliphatic heterocycles. The lowest BCUT2D eigenvalue weighted by Crippen LogP contribution is -2.59. The zero-order valence-electron chi connectivity index (χ0n) is 21.4. The van der Waals surface area contributed by atoms with Gasteiger partial charge < -0.3 is 9.47 Å². The Balaban J connectivity index is 1.09. The summed E-state index contributed by atoms with van der Waals surface area (Å²) in [6.07, 6.45) is 11.0. The maximum absolute atomic E-state index is 13.7. The van der Waals surface area contributed by atoms with Crippen LogP contribution < -0.4 is 0 Å². The second kappa shape index (κ2) is 8.60. The van der Waals surface area contributed by atoms with Gasteiger partial charge in [0, 0.05) is 11.8 Å². The van der Waals surface area contributed by atoms with E-state index in [-0.39, 0.29) is 24.4 Å². The van der Waals surface area contributed by atoms with Crippen molar-refractivity contribution in [1.29, 1.82) is 0 Å². The van der Waals surface area contributed by atoms with Crippen LogP contribution in [0.3, 0.4) is 0 Å². The Bertz CT molecular complexity index is 1060. The Labute approximate surface area is 217 Å². The van der Waals surface area contributed by atoms with Crippen molar-refractivity contribution < 1.29 is 40.8 Å². The predicted molar refractivity (Wildman–Crippen MR) is 128 cm³/mol. The molecular weight excluding hydrogens is 506 g/mol. The molecule has 0 aromatic rings. The average molecular weight is 545 g/mol. The van der Waals surface area contributed by atoms with E-state index in [2.05, 4.69) is 6.92 Å². The molecule has 0 aromatic carbocycles. The second-order valence-corrected chi connectivity index (χ2v) is 15.1. The third kappa shape index (κ3) is 4.32. The minimum absolute atomic E-state index is 0.161. The van der Waals surface area contributed by atoms with Crippen molar-refractivity contribution in [3.05, 3.63) is 0 Å². The molecule has 0 amide bonds. The number of fused-ring (bicyclic) bond motifs is 5. The number of carbonyl (C=O) groups is 2. The van der Waals surface area contributed by atoms with Crippen LogP contribution >= 0.6 is 0 Å². The highest BCUT2D eigenvalue weighted by molar-refractivity contribution is 7.87. The summed E-state index contributed by atoms with van der Waals surface area (Å²) in [7, 11) is -5.91. The molecule has 8 atom stereocenters. The van der Waals surface area contributed by atoms with E-state index in [1.807, 2.05) is 0 Å². The summed E-state index contributed by atoms with van der Waals surface area (Å²) in [5, 5.41) is -5.00. The Morgan fingerprint density at radius 2 is 1.65 bits per heavy atom. The maximum Gasteiger partial charge on any atom is 0.465 e. The van der Waals surface area contributed by atoms with E-state index < -0.39 is 32.4 Å². The summed E-state index contributed by atoms with van der Waals surface area (Å²) < 4.78 is 69.1. The number of hydrogen-bond acceptors (Lipinski definition) is 6. The topological polar surface area (TPSA) is 107 Å². The van der Waals surface area contributed by atoms with Gasteiger partial charge in [-0.25, -0.2) is 4.79 Å². The molecule has 208 valence electrons. The summed E-state index contributed by atoms with van der Waals surface area (Å²) in [6.45, 7) is 1.92. The number of hydrogen-bond donors (Lipinski definition) is 1. The normalized spacial score (nSPS) is 45.7. The van der Waals surface area contributed by atoms with E-state index in [4.69, 9.17) is 14.0 Å².